The number of hydrogen-bond acceptors (Lipinski definition) is 3. The topological polar surface area (TPSA) is 44.5 Å². The second-order valence-corrected chi connectivity index (χ2v) is 4.49. The van der Waals surface area contributed by atoms with Crippen molar-refractivity contribution in [2.75, 3.05) is 14.2 Å². The van der Waals surface area contributed by atoms with Crippen molar-refractivity contribution >= 4 is 5.57 Å². The van der Waals surface area contributed by atoms with E-state index in [4.69, 9.17) is 15.2 Å². The van der Waals surface area contributed by atoms with Crippen LogP contribution >= 0.6 is 0 Å². The molecule has 0 spiro atoms. The third-order valence-electron chi connectivity index (χ3n) is 3.04. The van der Waals surface area contributed by atoms with Crippen molar-refractivity contribution in [3.8, 4) is 11.5 Å². The second kappa shape index (κ2) is 7.06. The molecule has 0 aliphatic carbocycles. The summed E-state index contributed by atoms with van der Waals surface area (Å²) < 4.78 is 47.7. The molecule has 6 heteroatoms. The van der Waals surface area contributed by atoms with Crippen molar-refractivity contribution in [2.24, 2.45) is 5.73 Å². The number of methoxy groups -OCH3 is 2. The maximum absolute atomic E-state index is 12.4. The molecule has 2 N–H and O–H groups in total. The van der Waals surface area contributed by atoms with Crippen molar-refractivity contribution < 1.29 is 22.6 Å². The molecular formula is C16H18F3NO2. The number of ether oxygens (including phenoxy) is 2. The van der Waals surface area contributed by atoms with E-state index in [-0.39, 0.29) is 5.70 Å². The number of allylic oxidation sites excluding steroid dienone is 4. The Morgan fingerprint density at radius 1 is 1.18 bits per heavy atom. The maximum Gasteiger partial charge on any atom is 0.412 e. The molecule has 0 fully saturated rings. The number of halogens is 3. The van der Waals surface area contributed by atoms with Crippen molar-refractivity contribution in [1.82, 2.24) is 0 Å². The molecule has 0 aromatic heterocycles. The average molecular weight is 313 g/mol. The minimum Gasteiger partial charge on any atom is -0.493 e. The lowest BCUT2D eigenvalue weighted by Gasteiger charge is -2.14. The normalized spacial score (nSPS) is 13.0. The highest BCUT2D eigenvalue weighted by molar-refractivity contribution is 5.81. The van der Waals surface area contributed by atoms with Gasteiger partial charge in [0.1, 0.15) is 0 Å². The Morgan fingerprint density at radius 3 is 2.32 bits per heavy atom. The number of alkyl halides is 3. The van der Waals surface area contributed by atoms with E-state index in [0.717, 1.165) is 13.0 Å². The van der Waals surface area contributed by atoms with Crippen LogP contribution in [0.5, 0.6) is 11.5 Å². The first-order valence-corrected chi connectivity index (χ1v) is 6.34. The molecule has 22 heavy (non-hydrogen) atoms. The fraction of sp³-hybridized carbons (Fsp3) is 0.250. The number of para-hydroxylation sites is 1. The van der Waals surface area contributed by atoms with E-state index in [1.54, 1.807) is 18.2 Å². The zero-order chi connectivity index (χ0) is 16.9. The van der Waals surface area contributed by atoms with Gasteiger partial charge in [-0.1, -0.05) is 24.8 Å². The Morgan fingerprint density at radius 2 is 1.82 bits per heavy atom. The lowest BCUT2D eigenvalue weighted by molar-refractivity contribution is -0.0912. The fourth-order valence-electron chi connectivity index (χ4n) is 1.69. The van der Waals surface area contributed by atoms with Crippen LogP contribution in [0.4, 0.5) is 13.2 Å². The van der Waals surface area contributed by atoms with Gasteiger partial charge in [-0.25, -0.2) is 0 Å². The van der Waals surface area contributed by atoms with Crippen LogP contribution < -0.4 is 15.2 Å². The van der Waals surface area contributed by atoms with Gasteiger partial charge in [-0.05, 0) is 19.1 Å². The molecular weight excluding hydrogens is 295 g/mol. The largest absolute Gasteiger partial charge is 0.493 e. The molecule has 0 saturated carbocycles. The van der Waals surface area contributed by atoms with Gasteiger partial charge in [0.15, 0.2) is 11.5 Å². The molecule has 120 valence electrons. The Bertz CT molecular complexity index is 616. The number of benzene rings is 1. The molecule has 0 saturated heterocycles. The highest BCUT2D eigenvalue weighted by Crippen LogP contribution is 2.36. The van der Waals surface area contributed by atoms with Crippen molar-refractivity contribution in [2.45, 2.75) is 13.1 Å². The van der Waals surface area contributed by atoms with Gasteiger partial charge in [0.2, 0.25) is 0 Å². The number of nitrogens with two attached hydrogens (primary N) is 1. The average Bonchev–Trinajstić information content (AvgIpc) is 2.49. The summed E-state index contributed by atoms with van der Waals surface area (Å²) in [5.41, 5.74) is 6.07. The summed E-state index contributed by atoms with van der Waals surface area (Å²) in [6.45, 7) is 4.78. The molecule has 0 aliphatic rings. The van der Waals surface area contributed by atoms with Crippen molar-refractivity contribution in [3.63, 3.8) is 0 Å². The van der Waals surface area contributed by atoms with Crippen molar-refractivity contribution in [3.05, 3.63) is 53.8 Å². The highest BCUT2D eigenvalue weighted by atomic mass is 19.4. The van der Waals surface area contributed by atoms with Crippen molar-refractivity contribution in [1.29, 1.82) is 0 Å². The first-order chi connectivity index (χ1) is 10.2. The van der Waals surface area contributed by atoms with Gasteiger partial charge in [0.25, 0.3) is 0 Å². The van der Waals surface area contributed by atoms with Gasteiger partial charge in [-0.15, -0.1) is 0 Å². The predicted octanol–water partition coefficient (Wildman–Crippen LogP) is 4.07. The Balaban J connectivity index is 3.17. The third-order valence-corrected chi connectivity index (χ3v) is 3.04. The molecule has 0 atom stereocenters. The lowest BCUT2D eigenvalue weighted by Crippen LogP contribution is -2.08. The zero-order valence-corrected chi connectivity index (χ0v) is 12.6. The molecule has 0 radical (unpaired) electrons. The predicted molar refractivity (Wildman–Crippen MR) is 80.7 cm³/mol. The van der Waals surface area contributed by atoms with Gasteiger partial charge in [-0.3, -0.25) is 0 Å². The first kappa shape index (κ1) is 17.7. The molecule has 3 nitrogen and oxygen atoms in total. The summed E-state index contributed by atoms with van der Waals surface area (Å²) in [5.74, 6) is 0.902. The smallest absolute Gasteiger partial charge is 0.412 e. The van der Waals surface area contributed by atoms with E-state index in [0.29, 0.717) is 22.6 Å². The van der Waals surface area contributed by atoms with E-state index in [2.05, 4.69) is 6.58 Å². The van der Waals surface area contributed by atoms with Gasteiger partial charge < -0.3 is 15.2 Å². The zero-order valence-electron chi connectivity index (χ0n) is 12.6. The molecule has 1 aromatic rings. The van der Waals surface area contributed by atoms with Crippen LogP contribution in [0.2, 0.25) is 0 Å². The molecule has 0 bridgehead atoms. The van der Waals surface area contributed by atoms with E-state index in [1.807, 2.05) is 0 Å². The van der Waals surface area contributed by atoms with Gasteiger partial charge >= 0.3 is 6.18 Å². The minimum atomic E-state index is -4.38. The Labute approximate surface area is 127 Å². The molecule has 0 heterocycles. The van der Waals surface area contributed by atoms with Crippen LogP contribution in [-0.2, 0) is 0 Å². The Kier molecular flexibility index (Phi) is 5.68. The summed E-state index contributed by atoms with van der Waals surface area (Å²) >= 11 is 0. The lowest BCUT2D eigenvalue weighted by atomic mass is 10.0. The number of rotatable bonds is 5. The van der Waals surface area contributed by atoms with Crippen LogP contribution in [0.25, 0.3) is 5.57 Å². The summed E-state index contributed by atoms with van der Waals surface area (Å²) in [6.07, 6.45) is -2.30. The summed E-state index contributed by atoms with van der Waals surface area (Å²) in [4.78, 5) is 0. The first-order valence-electron chi connectivity index (χ1n) is 6.34. The van der Waals surface area contributed by atoms with Gasteiger partial charge in [0.05, 0.1) is 14.2 Å². The van der Waals surface area contributed by atoms with Crippen LogP contribution in [0, 0.1) is 0 Å². The number of hydrogen-bond donors (Lipinski definition) is 1. The third kappa shape index (κ3) is 4.07. The monoisotopic (exact) mass is 313 g/mol. The van der Waals surface area contributed by atoms with E-state index < -0.39 is 11.7 Å². The Hall–Kier alpha value is -2.37. The minimum absolute atomic E-state index is 0.107. The van der Waals surface area contributed by atoms with Crippen LogP contribution in [-0.4, -0.2) is 20.4 Å². The SMILES string of the molecule is C=C(/C(N)=C\C=C(/C)C(F)(F)F)c1cccc(OC)c1OC. The summed E-state index contributed by atoms with van der Waals surface area (Å²) in [5, 5.41) is 0. The molecule has 0 aliphatic heterocycles. The molecule has 0 amide bonds. The summed E-state index contributed by atoms with van der Waals surface area (Å²) in [6, 6.07) is 5.11. The van der Waals surface area contributed by atoms with E-state index >= 15 is 0 Å². The van der Waals surface area contributed by atoms with Gasteiger partial charge in [0, 0.05) is 22.4 Å². The second-order valence-electron chi connectivity index (χ2n) is 4.49. The maximum atomic E-state index is 12.4. The van der Waals surface area contributed by atoms with Crippen LogP contribution in [0.3, 0.4) is 0 Å². The van der Waals surface area contributed by atoms with E-state index in [1.165, 1.54) is 20.3 Å². The highest BCUT2D eigenvalue weighted by Gasteiger charge is 2.29. The standard InChI is InChI=1S/C16H18F3NO2/c1-10(16(17,18)19)8-9-13(20)11(2)12-6-5-7-14(21-3)15(12)22-4/h5-9H,2,20H2,1,3-4H3/b10-8+,13-9+. The van der Waals surface area contributed by atoms with E-state index in [9.17, 15) is 13.2 Å². The molecule has 0 unspecified atom stereocenters. The quantitative estimate of drug-likeness (QED) is 0.834. The molecule has 1 rings (SSSR count). The fourth-order valence-corrected chi connectivity index (χ4v) is 1.69. The van der Waals surface area contributed by atoms with Gasteiger partial charge in [-0.2, -0.15) is 13.2 Å². The summed E-state index contributed by atoms with van der Waals surface area (Å²) in [7, 11) is 2.95. The van der Waals surface area contributed by atoms with Crippen LogP contribution in [0.1, 0.15) is 12.5 Å². The van der Waals surface area contributed by atoms with Crippen LogP contribution in [0.15, 0.2) is 48.2 Å². The molecule has 1 aromatic carbocycles.